The topological polar surface area (TPSA) is 83.1 Å². The van der Waals surface area contributed by atoms with Gasteiger partial charge in [0.05, 0.1) is 14.2 Å². The molecule has 0 heterocycles. The molecule has 2 N–H and O–H groups in total. The van der Waals surface area contributed by atoms with Crippen molar-refractivity contribution in [1.82, 2.24) is 0 Å². The Hall–Kier alpha value is -3.02. The molecule has 0 saturated carbocycles. The van der Waals surface area contributed by atoms with Crippen LogP contribution < -0.4 is 10.5 Å². The first-order valence-electron chi connectivity index (χ1n) is 6.75. The summed E-state index contributed by atoms with van der Waals surface area (Å²) >= 11 is 0. The lowest BCUT2D eigenvalue weighted by Crippen LogP contribution is -2.15. The van der Waals surface area contributed by atoms with Gasteiger partial charge >= 0.3 is 5.97 Å². The minimum atomic E-state index is -0.662. The third-order valence-corrected chi connectivity index (χ3v) is 2.87. The predicted molar refractivity (Wildman–Crippen MR) is 89.1 cm³/mol. The lowest BCUT2D eigenvalue weighted by Gasteiger charge is -2.09. The van der Waals surface area contributed by atoms with Crippen LogP contribution in [0, 0.1) is 0 Å². The van der Waals surface area contributed by atoms with Crippen molar-refractivity contribution in [3.63, 3.8) is 0 Å². The van der Waals surface area contributed by atoms with Crippen LogP contribution in [-0.2, 0) is 9.57 Å². The predicted octanol–water partition coefficient (Wildman–Crippen LogP) is 2.79. The normalized spacial score (nSPS) is 11.6. The summed E-state index contributed by atoms with van der Waals surface area (Å²) in [7, 11) is 2.96. The van der Waals surface area contributed by atoms with Gasteiger partial charge in [-0.05, 0) is 12.1 Å². The number of carbonyl (C=O) groups is 1. The van der Waals surface area contributed by atoms with Crippen molar-refractivity contribution in [3.05, 3.63) is 66.5 Å². The number of nitrogens with two attached hydrogens (primary N) is 1. The van der Waals surface area contributed by atoms with Gasteiger partial charge in [0.1, 0.15) is 22.9 Å². The summed E-state index contributed by atoms with van der Waals surface area (Å²) in [5.41, 5.74) is 6.70. The van der Waals surface area contributed by atoms with E-state index >= 15 is 0 Å². The monoisotopic (exact) mass is 316 g/mol. The number of hydrogen-bond acceptors (Lipinski definition) is 5. The van der Waals surface area contributed by atoms with E-state index in [1.165, 1.54) is 14.2 Å². The minimum Gasteiger partial charge on any atom is -0.497 e. The molecule has 0 radical (unpaired) electrons. The number of rotatable bonds is 8. The highest BCUT2D eigenvalue weighted by Gasteiger charge is 2.13. The molecule has 0 saturated heterocycles. The van der Waals surface area contributed by atoms with Gasteiger partial charge in [0.15, 0.2) is 0 Å². The molecule has 0 aliphatic heterocycles. The highest BCUT2D eigenvalue weighted by Crippen LogP contribution is 2.18. The van der Waals surface area contributed by atoms with E-state index in [2.05, 4.69) is 18.3 Å². The first kappa shape index (κ1) is 18.0. The molecule has 0 amide bonds. The van der Waals surface area contributed by atoms with Crippen LogP contribution in [0.25, 0.3) is 0 Å². The highest BCUT2D eigenvalue weighted by molar-refractivity contribution is 5.93. The fraction of sp³-hybridized carbons (Fsp3) is 0.176. The van der Waals surface area contributed by atoms with Gasteiger partial charge in [0.25, 0.3) is 0 Å². The number of benzene rings is 1. The Labute approximate surface area is 135 Å². The second-order valence-corrected chi connectivity index (χ2v) is 4.39. The van der Waals surface area contributed by atoms with Gasteiger partial charge in [0.2, 0.25) is 0 Å². The Morgan fingerprint density at radius 2 is 2.04 bits per heavy atom. The maximum atomic E-state index is 12.0. The summed E-state index contributed by atoms with van der Waals surface area (Å²) in [6.45, 7) is 7.34. The SMILES string of the molecule is C=C/C=C(/C/C(N)=N/OC(=O)c1ccccc1OC)C(=C)OC. The van der Waals surface area contributed by atoms with E-state index in [0.29, 0.717) is 17.1 Å². The lowest BCUT2D eigenvalue weighted by atomic mass is 10.1. The fourth-order valence-corrected chi connectivity index (χ4v) is 1.71. The molecular formula is C17H20N2O4. The summed E-state index contributed by atoms with van der Waals surface area (Å²) in [5.74, 6) is 0.259. The molecule has 0 spiro atoms. The summed E-state index contributed by atoms with van der Waals surface area (Å²) < 4.78 is 10.1. The molecule has 0 unspecified atom stereocenters. The Morgan fingerprint density at radius 3 is 2.65 bits per heavy atom. The third kappa shape index (κ3) is 5.35. The number of hydrogen-bond donors (Lipinski definition) is 1. The van der Waals surface area contributed by atoms with Crippen molar-refractivity contribution in [1.29, 1.82) is 0 Å². The maximum Gasteiger partial charge on any atom is 0.369 e. The van der Waals surface area contributed by atoms with E-state index in [-0.39, 0.29) is 17.8 Å². The van der Waals surface area contributed by atoms with E-state index in [4.69, 9.17) is 20.0 Å². The lowest BCUT2D eigenvalue weighted by molar-refractivity contribution is 0.0511. The van der Waals surface area contributed by atoms with Crippen LogP contribution in [0.3, 0.4) is 0 Å². The van der Waals surface area contributed by atoms with Crippen LogP contribution in [0.2, 0.25) is 0 Å². The van der Waals surface area contributed by atoms with E-state index < -0.39 is 5.97 Å². The molecule has 1 aromatic rings. The van der Waals surface area contributed by atoms with Gasteiger partial charge in [0, 0.05) is 12.0 Å². The number of allylic oxidation sites excluding steroid dienone is 3. The molecule has 6 heteroatoms. The second-order valence-electron chi connectivity index (χ2n) is 4.39. The number of para-hydroxylation sites is 1. The molecule has 0 fully saturated rings. The number of oxime groups is 1. The van der Waals surface area contributed by atoms with Crippen LogP contribution in [0.5, 0.6) is 5.75 Å². The molecular weight excluding hydrogens is 296 g/mol. The number of carbonyl (C=O) groups excluding carboxylic acids is 1. The average Bonchev–Trinajstić information content (AvgIpc) is 2.58. The largest absolute Gasteiger partial charge is 0.497 e. The van der Waals surface area contributed by atoms with Crippen molar-refractivity contribution >= 4 is 11.8 Å². The Morgan fingerprint density at radius 1 is 1.35 bits per heavy atom. The van der Waals surface area contributed by atoms with Gasteiger partial charge in [-0.15, -0.1) is 0 Å². The van der Waals surface area contributed by atoms with Crippen LogP contribution >= 0.6 is 0 Å². The summed E-state index contributed by atoms with van der Waals surface area (Å²) in [5, 5.41) is 3.63. The zero-order valence-electron chi connectivity index (χ0n) is 13.2. The highest BCUT2D eigenvalue weighted by atomic mass is 16.7. The van der Waals surface area contributed by atoms with Crippen LogP contribution in [0.15, 0.2) is 66.1 Å². The molecule has 122 valence electrons. The molecule has 0 aliphatic rings. The molecule has 23 heavy (non-hydrogen) atoms. The molecule has 0 bridgehead atoms. The summed E-state index contributed by atoms with van der Waals surface area (Å²) in [6, 6.07) is 6.66. The van der Waals surface area contributed by atoms with Gasteiger partial charge in [-0.25, -0.2) is 4.79 Å². The fourth-order valence-electron chi connectivity index (χ4n) is 1.71. The van der Waals surface area contributed by atoms with Crippen LogP contribution in [0.4, 0.5) is 0 Å². The first-order chi connectivity index (χ1) is 11.0. The van der Waals surface area contributed by atoms with Crippen molar-refractivity contribution in [2.24, 2.45) is 10.9 Å². The number of methoxy groups -OCH3 is 2. The summed E-state index contributed by atoms with van der Waals surface area (Å²) in [4.78, 5) is 16.8. The molecule has 1 aromatic carbocycles. The van der Waals surface area contributed by atoms with Crippen LogP contribution in [-0.4, -0.2) is 26.0 Å². The number of nitrogens with zero attached hydrogens (tertiary/aromatic N) is 1. The van der Waals surface area contributed by atoms with Crippen LogP contribution in [0.1, 0.15) is 16.8 Å². The van der Waals surface area contributed by atoms with Gasteiger partial charge in [-0.2, -0.15) is 0 Å². The Balaban J connectivity index is 2.79. The second kappa shape index (κ2) is 9.09. The van der Waals surface area contributed by atoms with E-state index in [0.717, 1.165) is 0 Å². The van der Waals surface area contributed by atoms with Crippen molar-refractivity contribution in [3.8, 4) is 5.75 Å². The third-order valence-electron chi connectivity index (χ3n) is 2.87. The zero-order valence-corrected chi connectivity index (χ0v) is 13.2. The number of ether oxygens (including phenoxy) is 2. The Kier molecular flexibility index (Phi) is 7.13. The minimum absolute atomic E-state index is 0.0968. The van der Waals surface area contributed by atoms with E-state index in [9.17, 15) is 4.79 Å². The smallest absolute Gasteiger partial charge is 0.369 e. The zero-order chi connectivity index (χ0) is 17.2. The molecule has 0 atom stereocenters. The number of amidine groups is 1. The molecule has 0 aliphatic carbocycles. The van der Waals surface area contributed by atoms with E-state index in [1.54, 1.807) is 36.4 Å². The Bertz CT molecular complexity index is 648. The standard InChI is InChI=1S/C17H20N2O4/c1-5-8-13(12(2)21-3)11-16(18)19-23-17(20)14-9-6-7-10-15(14)22-4/h5-10H,1-2,11H2,3-4H3,(H2,18,19)/b13-8-. The van der Waals surface area contributed by atoms with E-state index in [1.807, 2.05) is 0 Å². The first-order valence-corrected chi connectivity index (χ1v) is 6.75. The van der Waals surface area contributed by atoms with Gasteiger partial charge in [-0.3, -0.25) is 0 Å². The summed E-state index contributed by atoms with van der Waals surface area (Å²) in [6.07, 6.45) is 3.47. The quantitative estimate of drug-likeness (QED) is 0.199. The van der Waals surface area contributed by atoms with Gasteiger partial charge < -0.3 is 20.0 Å². The molecule has 6 nitrogen and oxygen atoms in total. The van der Waals surface area contributed by atoms with Crippen molar-refractivity contribution in [2.75, 3.05) is 14.2 Å². The van der Waals surface area contributed by atoms with Gasteiger partial charge in [-0.1, -0.05) is 42.6 Å². The molecule has 0 aromatic heterocycles. The van der Waals surface area contributed by atoms with Crippen molar-refractivity contribution in [2.45, 2.75) is 6.42 Å². The molecule has 1 rings (SSSR count). The average molecular weight is 316 g/mol. The van der Waals surface area contributed by atoms with Crippen molar-refractivity contribution < 1.29 is 19.1 Å². The maximum absolute atomic E-state index is 12.0.